The maximum Gasteiger partial charge on any atom is 0.184 e. The molecule has 0 atom stereocenters. The Morgan fingerprint density at radius 2 is 1.62 bits per heavy atom. The molecule has 0 N–H and O–H groups in total. The van der Waals surface area contributed by atoms with Crippen molar-refractivity contribution in [3.8, 4) is 0 Å². The largest absolute Gasteiger partial charge is 0.340 e. The second-order valence-corrected chi connectivity index (χ2v) is 5.68. The number of nitrogens with zero attached hydrogens (tertiary/aromatic N) is 2. The normalized spacial score (nSPS) is 29.9. The average molecular weight is 226 g/mol. The van der Waals surface area contributed by atoms with Crippen molar-refractivity contribution in [2.45, 2.75) is 45.2 Å². The minimum atomic E-state index is -0.252. The van der Waals surface area contributed by atoms with E-state index in [1.165, 1.54) is 5.57 Å². The van der Waals surface area contributed by atoms with Crippen LogP contribution in [0.4, 0.5) is 0 Å². The fourth-order valence-electron chi connectivity index (χ4n) is 1.88. The van der Waals surface area contributed by atoms with Crippen molar-refractivity contribution in [3.63, 3.8) is 0 Å². The lowest BCUT2D eigenvalue weighted by atomic mass is 9.90. The Balaban J connectivity index is 2.13. The van der Waals surface area contributed by atoms with Gasteiger partial charge in [-0.05, 0) is 27.7 Å². The van der Waals surface area contributed by atoms with Crippen molar-refractivity contribution in [3.05, 3.63) is 11.8 Å². The lowest BCUT2D eigenvalue weighted by Gasteiger charge is -2.30. The quantitative estimate of drug-likeness (QED) is 0.678. The molecule has 2 aliphatic rings. The highest BCUT2D eigenvalue weighted by atomic mass is 16.7. The summed E-state index contributed by atoms with van der Waals surface area (Å²) in [6.45, 7) is 9.19. The zero-order chi connectivity index (χ0) is 12.1. The molecule has 92 valence electrons. The molecule has 0 unspecified atom stereocenters. The van der Waals surface area contributed by atoms with E-state index >= 15 is 0 Å². The van der Waals surface area contributed by atoms with Gasteiger partial charge < -0.3 is 14.5 Å². The molecule has 16 heavy (non-hydrogen) atoms. The SMILES string of the molecule is CN1C=C(C2OC(C)(C)C(C)(C)O2)CN1C. The third-order valence-electron chi connectivity index (χ3n) is 3.86. The Bertz CT molecular complexity index is 307. The molecule has 0 amide bonds. The zero-order valence-corrected chi connectivity index (χ0v) is 11.1. The van der Waals surface area contributed by atoms with Crippen molar-refractivity contribution < 1.29 is 9.47 Å². The summed E-state index contributed by atoms with van der Waals surface area (Å²) in [7, 11) is 4.08. The lowest BCUT2D eigenvalue weighted by molar-refractivity contribution is -0.0607. The summed E-state index contributed by atoms with van der Waals surface area (Å²) in [4.78, 5) is 0. The first-order valence-corrected chi connectivity index (χ1v) is 5.73. The number of ether oxygens (including phenoxy) is 2. The van der Waals surface area contributed by atoms with Gasteiger partial charge in [-0.2, -0.15) is 0 Å². The van der Waals surface area contributed by atoms with Crippen LogP contribution in [0.5, 0.6) is 0 Å². The summed E-state index contributed by atoms with van der Waals surface area (Å²) < 4.78 is 12.0. The van der Waals surface area contributed by atoms with Crippen molar-refractivity contribution in [1.82, 2.24) is 10.0 Å². The molecule has 0 saturated carbocycles. The van der Waals surface area contributed by atoms with E-state index in [2.05, 4.69) is 51.0 Å². The third-order valence-corrected chi connectivity index (χ3v) is 3.86. The molecular formula is C12H22N2O2. The van der Waals surface area contributed by atoms with Crippen LogP contribution in [0.1, 0.15) is 27.7 Å². The molecule has 2 rings (SSSR count). The highest BCUT2D eigenvalue weighted by Gasteiger charge is 2.50. The summed E-state index contributed by atoms with van der Waals surface area (Å²) >= 11 is 0. The Kier molecular flexibility index (Phi) is 2.57. The van der Waals surface area contributed by atoms with E-state index < -0.39 is 0 Å². The summed E-state index contributed by atoms with van der Waals surface area (Å²) in [5.41, 5.74) is 0.680. The molecule has 0 aromatic rings. The molecule has 4 nitrogen and oxygen atoms in total. The number of likely N-dealkylation sites (N-methyl/N-ethyl adjacent to an activating group) is 1. The van der Waals surface area contributed by atoms with Crippen LogP contribution in [0.15, 0.2) is 11.8 Å². The standard InChI is InChI=1S/C12H22N2O2/c1-11(2)12(3,4)16-10(15-11)9-7-13(5)14(6)8-9/h7,10H,8H2,1-6H3. The van der Waals surface area contributed by atoms with Crippen LogP contribution in [-0.4, -0.2) is 48.2 Å². The van der Waals surface area contributed by atoms with E-state index in [1.54, 1.807) is 0 Å². The summed E-state index contributed by atoms with van der Waals surface area (Å²) in [6.07, 6.45) is 1.87. The van der Waals surface area contributed by atoms with E-state index in [9.17, 15) is 0 Å². The second kappa shape index (κ2) is 3.45. The van der Waals surface area contributed by atoms with Crippen LogP contribution < -0.4 is 0 Å². The van der Waals surface area contributed by atoms with Crippen LogP contribution in [0.3, 0.4) is 0 Å². The Morgan fingerprint density at radius 3 is 2.00 bits per heavy atom. The van der Waals surface area contributed by atoms with E-state index in [1.807, 2.05) is 7.05 Å². The van der Waals surface area contributed by atoms with Gasteiger partial charge in [0.1, 0.15) is 0 Å². The van der Waals surface area contributed by atoms with Gasteiger partial charge in [0, 0.05) is 32.4 Å². The first-order chi connectivity index (χ1) is 7.23. The average Bonchev–Trinajstić information content (AvgIpc) is 2.54. The molecule has 2 aliphatic heterocycles. The lowest BCUT2D eigenvalue weighted by Crippen LogP contribution is -2.41. The Labute approximate surface area is 97.8 Å². The topological polar surface area (TPSA) is 24.9 Å². The van der Waals surface area contributed by atoms with Crippen molar-refractivity contribution in [1.29, 1.82) is 0 Å². The van der Waals surface area contributed by atoms with Gasteiger partial charge >= 0.3 is 0 Å². The van der Waals surface area contributed by atoms with Gasteiger partial charge in [0.25, 0.3) is 0 Å². The molecular weight excluding hydrogens is 204 g/mol. The van der Waals surface area contributed by atoms with Crippen LogP contribution >= 0.6 is 0 Å². The molecule has 1 fully saturated rings. The van der Waals surface area contributed by atoms with Crippen LogP contribution in [0.25, 0.3) is 0 Å². The van der Waals surface area contributed by atoms with Gasteiger partial charge in [-0.15, -0.1) is 0 Å². The summed E-state index contributed by atoms with van der Waals surface area (Å²) in [6, 6.07) is 0. The minimum Gasteiger partial charge on any atom is -0.340 e. The first-order valence-electron chi connectivity index (χ1n) is 5.73. The molecule has 0 aromatic carbocycles. The number of hydrogen-bond acceptors (Lipinski definition) is 4. The smallest absolute Gasteiger partial charge is 0.184 e. The van der Waals surface area contributed by atoms with E-state index in [0.29, 0.717) is 0 Å². The fourth-order valence-corrected chi connectivity index (χ4v) is 1.88. The number of rotatable bonds is 1. The molecule has 0 spiro atoms. The first kappa shape index (κ1) is 11.9. The van der Waals surface area contributed by atoms with Gasteiger partial charge in [0.15, 0.2) is 6.29 Å². The van der Waals surface area contributed by atoms with Gasteiger partial charge in [-0.1, -0.05) is 0 Å². The fraction of sp³-hybridized carbons (Fsp3) is 0.833. The summed E-state index contributed by atoms with van der Waals surface area (Å²) in [5.74, 6) is 0. The van der Waals surface area contributed by atoms with Gasteiger partial charge in [0.05, 0.1) is 11.2 Å². The Morgan fingerprint density at radius 1 is 1.12 bits per heavy atom. The summed E-state index contributed by atoms with van der Waals surface area (Å²) in [5, 5.41) is 4.18. The third kappa shape index (κ3) is 1.75. The molecule has 0 aliphatic carbocycles. The van der Waals surface area contributed by atoms with Crippen LogP contribution in [-0.2, 0) is 9.47 Å². The van der Waals surface area contributed by atoms with Gasteiger partial charge in [0.2, 0.25) is 0 Å². The van der Waals surface area contributed by atoms with Crippen molar-refractivity contribution >= 4 is 0 Å². The van der Waals surface area contributed by atoms with Crippen molar-refractivity contribution in [2.24, 2.45) is 0 Å². The molecule has 0 radical (unpaired) electrons. The molecule has 4 heteroatoms. The van der Waals surface area contributed by atoms with Crippen molar-refractivity contribution in [2.75, 3.05) is 20.6 Å². The molecule has 1 saturated heterocycles. The van der Waals surface area contributed by atoms with Crippen LogP contribution in [0.2, 0.25) is 0 Å². The second-order valence-electron chi connectivity index (χ2n) is 5.68. The van der Waals surface area contributed by atoms with E-state index in [-0.39, 0.29) is 17.5 Å². The predicted octanol–water partition coefficient (Wildman–Crippen LogP) is 1.59. The predicted molar refractivity (Wildman–Crippen MR) is 62.6 cm³/mol. The Hall–Kier alpha value is -0.580. The van der Waals surface area contributed by atoms with Gasteiger partial charge in [-0.3, -0.25) is 0 Å². The van der Waals surface area contributed by atoms with E-state index in [0.717, 1.165) is 6.54 Å². The highest BCUT2D eigenvalue weighted by Crippen LogP contribution is 2.41. The minimum absolute atomic E-state index is 0.211. The molecule has 0 bridgehead atoms. The maximum atomic E-state index is 6.00. The number of hydrazine groups is 1. The molecule has 2 heterocycles. The van der Waals surface area contributed by atoms with Crippen LogP contribution in [0, 0.1) is 0 Å². The number of hydrogen-bond donors (Lipinski definition) is 0. The zero-order valence-electron chi connectivity index (χ0n) is 11.1. The monoisotopic (exact) mass is 226 g/mol. The van der Waals surface area contributed by atoms with E-state index in [4.69, 9.17) is 9.47 Å². The highest BCUT2D eigenvalue weighted by molar-refractivity contribution is 5.14. The molecule has 0 aromatic heterocycles. The maximum absolute atomic E-state index is 6.00. The van der Waals surface area contributed by atoms with Gasteiger partial charge in [-0.25, -0.2) is 5.01 Å².